The molecule has 1 amide bonds. The number of nitrogens with one attached hydrogen (secondary N) is 3. The van der Waals surface area contributed by atoms with Gasteiger partial charge in [-0.2, -0.15) is 0 Å². The molecule has 74 valence electrons. The van der Waals surface area contributed by atoms with Crippen LogP contribution in [0.25, 0.3) is 0 Å². The topological polar surface area (TPSA) is 73.4 Å². The zero-order chi connectivity index (χ0) is 10.3. The van der Waals surface area contributed by atoms with Crippen molar-refractivity contribution in [2.24, 2.45) is 0 Å². The first-order chi connectivity index (χ1) is 6.07. The van der Waals surface area contributed by atoms with Gasteiger partial charge in [-0.3, -0.25) is 15.6 Å². The van der Waals surface area contributed by atoms with Crippen molar-refractivity contribution in [1.82, 2.24) is 16.2 Å². The molecule has 0 aromatic carbocycles. The fourth-order valence-electron chi connectivity index (χ4n) is 0.432. The summed E-state index contributed by atoms with van der Waals surface area (Å²) in [6.45, 7) is 5.35. The Kier molecular flexibility index (Phi) is 5.82. The fraction of sp³-hybridized carbons (Fsp3) is 0.429. The second kappa shape index (κ2) is 6.38. The molecule has 0 aliphatic heterocycles. The Morgan fingerprint density at radius 1 is 1.69 bits per heavy atom. The molecule has 0 saturated carbocycles. The summed E-state index contributed by atoms with van der Waals surface area (Å²) >= 11 is 4.76. The quantitative estimate of drug-likeness (QED) is 0.270. The highest BCUT2D eigenvalue weighted by molar-refractivity contribution is 7.80. The van der Waals surface area contributed by atoms with Gasteiger partial charge >= 0.3 is 0 Å². The van der Waals surface area contributed by atoms with Crippen molar-refractivity contribution in [1.29, 1.82) is 0 Å². The summed E-state index contributed by atoms with van der Waals surface area (Å²) in [7, 11) is 0. The van der Waals surface area contributed by atoms with E-state index in [1.807, 2.05) is 0 Å². The largest absolute Gasteiger partial charge is 0.383 e. The highest BCUT2D eigenvalue weighted by Gasteiger charge is 2.07. The molecule has 0 aliphatic rings. The van der Waals surface area contributed by atoms with E-state index in [1.165, 1.54) is 6.92 Å². The molecular formula is C7H13N3O2S. The van der Waals surface area contributed by atoms with E-state index in [1.54, 1.807) is 6.08 Å². The Bertz CT molecular complexity index is 206. The molecule has 0 heterocycles. The van der Waals surface area contributed by atoms with Gasteiger partial charge in [0.05, 0.1) is 0 Å². The summed E-state index contributed by atoms with van der Waals surface area (Å²) in [5, 5.41) is 11.8. The summed E-state index contributed by atoms with van der Waals surface area (Å²) in [6.07, 6.45) is 0.569. The second-order valence-corrected chi connectivity index (χ2v) is 2.70. The number of hydrogen-bond acceptors (Lipinski definition) is 3. The van der Waals surface area contributed by atoms with Gasteiger partial charge in [0.15, 0.2) is 5.11 Å². The third kappa shape index (κ3) is 6.06. The molecule has 0 saturated heterocycles. The average Bonchev–Trinajstić information content (AvgIpc) is 2.10. The van der Waals surface area contributed by atoms with Crippen LogP contribution in [0.2, 0.25) is 0 Å². The lowest BCUT2D eigenvalue weighted by atomic mass is 10.4. The van der Waals surface area contributed by atoms with E-state index in [-0.39, 0.29) is 5.11 Å². The van der Waals surface area contributed by atoms with Gasteiger partial charge in [0, 0.05) is 6.54 Å². The maximum atomic E-state index is 10.8. The summed E-state index contributed by atoms with van der Waals surface area (Å²) in [4.78, 5) is 10.8. The normalized spacial score (nSPS) is 11.2. The SMILES string of the molecule is C=CCNC(=S)NNC(=O)[C@H](C)O. The van der Waals surface area contributed by atoms with E-state index in [9.17, 15) is 4.79 Å². The van der Waals surface area contributed by atoms with Gasteiger partial charge in [-0.05, 0) is 19.1 Å². The number of amides is 1. The Morgan fingerprint density at radius 2 is 2.31 bits per heavy atom. The summed E-state index contributed by atoms with van der Waals surface area (Å²) in [6, 6.07) is 0. The Balaban J connectivity index is 3.57. The Hall–Kier alpha value is -1.14. The van der Waals surface area contributed by atoms with Gasteiger partial charge in [-0.25, -0.2) is 0 Å². The molecule has 1 atom stereocenters. The van der Waals surface area contributed by atoms with E-state index >= 15 is 0 Å². The van der Waals surface area contributed by atoms with Crippen LogP contribution in [0.1, 0.15) is 6.92 Å². The van der Waals surface area contributed by atoms with Crippen LogP contribution in [0, 0.1) is 0 Å². The molecule has 0 radical (unpaired) electrons. The van der Waals surface area contributed by atoms with Crippen LogP contribution in [0.3, 0.4) is 0 Å². The minimum Gasteiger partial charge on any atom is -0.383 e. The van der Waals surface area contributed by atoms with E-state index in [0.29, 0.717) is 6.54 Å². The van der Waals surface area contributed by atoms with Crippen molar-refractivity contribution in [2.75, 3.05) is 6.54 Å². The van der Waals surface area contributed by atoms with Gasteiger partial charge in [0.2, 0.25) is 0 Å². The first-order valence-electron chi connectivity index (χ1n) is 3.70. The van der Waals surface area contributed by atoms with Gasteiger partial charge < -0.3 is 10.4 Å². The minimum atomic E-state index is -1.06. The number of aliphatic hydroxyl groups excluding tert-OH is 1. The van der Waals surface area contributed by atoms with Crippen LogP contribution < -0.4 is 16.2 Å². The van der Waals surface area contributed by atoms with E-state index in [2.05, 4.69) is 22.7 Å². The molecule has 6 heteroatoms. The van der Waals surface area contributed by atoms with Gasteiger partial charge in [-0.15, -0.1) is 6.58 Å². The molecule has 5 nitrogen and oxygen atoms in total. The first kappa shape index (κ1) is 11.9. The molecule has 4 N–H and O–H groups in total. The van der Waals surface area contributed by atoms with Crippen LogP contribution in [0.5, 0.6) is 0 Å². The highest BCUT2D eigenvalue weighted by atomic mass is 32.1. The number of rotatable bonds is 3. The summed E-state index contributed by atoms with van der Waals surface area (Å²) in [5.74, 6) is -0.539. The molecule has 0 aliphatic carbocycles. The second-order valence-electron chi connectivity index (χ2n) is 2.29. The third-order valence-corrected chi connectivity index (χ3v) is 1.33. The zero-order valence-corrected chi connectivity index (χ0v) is 8.15. The third-order valence-electron chi connectivity index (χ3n) is 1.09. The number of hydrazine groups is 1. The van der Waals surface area contributed by atoms with Crippen molar-refractivity contribution in [2.45, 2.75) is 13.0 Å². The minimum absolute atomic E-state index is 0.272. The van der Waals surface area contributed by atoms with Crippen molar-refractivity contribution in [3.63, 3.8) is 0 Å². The standard InChI is InChI=1S/C7H13N3O2S/c1-3-4-8-7(13)10-9-6(12)5(2)11/h3,5,11H,1,4H2,2H3,(H,9,12)(H2,8,10,13)/t5-/m0/s1. The van der Waals surface area contributed by atoms with Crippen LogP contribution >= 0.6 is 12.2 Å². The first-order valence-corrected chi connectivity index (χ1v) is 4.11. The van der Waals surface area contributed by atoms with Gasteiger partial charge in [-0.1, -0.05) is 6.08 Å². The van der Waals surface area contributed by atoms with Crippen LogP contribution in [-0.4, -0.2) is 28.8 Å². The lowest BCUT2D eigenvalue weighted by Gasteiger charge is -2.10. The average molecular weight is 203 g/mol. The number of hydrogen-bond donors (Lipinski definition) is 4. The smallest absolute Gasteiger partial charge is 0.266 e. The molecular weight excluding hydrogens is 190 g/mol. The molecule has 0 spiro atoms. The fourth-order valence-corrected chi connectivity index (χ4v) is 0.566. The lowest BCUT2D eigenvalue weighted by molar-refractivity contribution is -0.129. The zero-order valence-electron chi connectivity index (χ0n) is 7.33. The predicted molar refractivity (Wildman–Crippen MR) is 53.8 cm³/mol. The van der Waals surface area contributed by atoms with Crippen LogP contribution in [0.4, 0.5) is 0 Å². The predicted octanol–water partition coefficient (Wildman–Crippen LogP) is -0.951. The maximum Gasteiger partial charge on any atom is 0.266 e. The molecule has 0 rings (SSSR count). The summed E-state index contributed by atoms with van der Waals surface area (Å²) in [5.41, 5.74) is 4.63. The van der Waals surface area contributed by atoms with Gasteiger partial charge in [0.1, 0.15) is 6.10 Å². The molecule has 0 fully saturated rings. The van der Waals surface area contributed by atoms with Crippen molar-refractivity contribution < 1.29 is 9.90 Å². The van der Waals surface area contributed by atoms with Crippen molar-refractivity contribution >= 4 is 23.2 Å². The maximum absolute atomic E-state index is 10.8. The van der Waals surface area contributed by atoms with E-state index in [4.69, 9.17) is 17.3 Å². The molecule has 0 bridgehead atoms. The van der Waals surface area contributed by atoms with E-state index < -0.39 is 12.0 Å². The van der Waals surface area contributed by atoms with Crippen LogP contribution in [0.15, 0.2) is 12.7 Å². The van der Waals surface area contributed by atoms with Crippen LogP contribution in [-0.2, 0) is 4.79 Å². The number of aliphatic hydroxyl groups is 1. The summed E-state index contributed by atoms with van der Waals surface area (Å²) < 4.78 is 0. The molecule has 0 aromatic heterocycles. The van der Waals surface area contributed by atoms with Crippen molar-refractivity contribution in [3.8, 4) is 0 Å². The number of carbonyl (C=O) groups is 1. The Morgan fingerprint density at radius 3 is 2.77 bits per heavy atom. The van der Waals surface area contributed by atoms with Crippen molar-refractivity contribution in [3.05, 3.63) is 12.7 Å². The van der Waals surface area contributed by atoms with E-state index in [0.717, 1.165) is 0 Å². The molecule has 0 unspecified atom stereocenters. The highest BCUT2D eigenvalue weighted by Crippen LogP contribution is 1.75. The number of carbonyl (C=O) groups excluding carboxylic acids is 1. The number of thiocarbonyl (C=S) groups is 1. The van der Waals surface area contributed by atoms with Gasteiger partial charge in [0.25, 0.3) is 5.91 Å². The Labute approximate surface area is 82.2 Å². The lowest BCUT2D eigenvalue weighted by Crippen LogP contribution is -2.49. The molecule has 13 heavy (non-hydrogen) atoms. The monoisotopic (exact) mass is 203 g/mol. The molecule has 0 aromatic rings.